The minimum atomic E-state index is -0.357. The van der Waals surface area contributed by atoms with E-state index in [-0.39, 0.29) is 23.8 Å². The largest absolute Gasteiger partial charge is 0.496 e. The summed E-state index contributed by atoms with van der Waals surface area (Å²) >= 11 is 0. The van der Waals surface area contributed by atoms with Crippen LogP contribution in [0.1, 0.15) is 39.2 Å². The molecule has 0 aliphatic heterocycles. The lowest BCUT2D eigenvalue weighted by molar-refractivity contribution is -0.117. The maximum Gasteiger partial charge on any atom is 0.247 e. The summed E-state index contributed by atoms with van der Waals surface area (Å²) in [5.41, 5.74) is 2.98. The molecule has 5 nitrogen and oxygen atoms in total. The quantitative estimate of drug-likeness (QED) is 0.598. The molecule has 1 aliphatic rings. The van der Waals surface area contributed by atoms with Crippen LogP contribution in [0.3, 0.4) is 0 Å². The van der Waals surface area contributed by atoms with Gasteiger partial charge in [-0.25, -0.2) is 4.39 Å². The third-order valence-corrected chi connectivity index (χ3v) is 4.91. The summed E-state index contributed by atoms with van der Waals surface area (Å²) in [6.45, 7) is 5.76. The highest BCUT2D eigenvalue weighted by Gasteiger charge is 2.24. The molecule has 1 amide bonds. The SMILES string of the molecule is COc1cc(-c2ccc(NC(C)C)cc2F)c(OC)cc1C=C(C)C(=O)NC1CC1. The molecule has 0 unspecified atom stereocenters. The van der Waals surface area contributed by atoms with E-state index in [1.165, 1.54) is 13.2 Å². The highest BCUT2D eigenvalue weighted by molar-refractivity contribution is 5.98. The van der Waals surface area contributed by atoms with Gasteiger partial charge in [-0.15, -0.1) is 0 Å². The molecule has 2 aromatic rings. The number of methoxy groups -OCH3 is 2. The molecule has 3 rings (SSSR count). The van der Waals surface area contributed by atoms with Crippen molar-refractivity contribution in [2.45, 2.75) is 45.7 Å². The number of halogens is 1. The van der Waals surface area contributed by atoms with Crippen LogP contribution in [0, 0.1) is 5.82 Å². The van der Waals surface area contributed by atoms with Crippen molar-refractivity contribution in [3.63, 3.8) is 0 Å². The van der Waals surface area contributed by atoms with Gasteiger partial charge in [-0.05, 0) is 70.0 Å². The van der Waals surface area contributed by atoms with E-state index in [4.69, 9.17) is 9.47 Å². The first-order chi connectivity index (χ1) is 14.3. The van der Waals surface area contributed by atoms with Gasteiger partial charge in [0.1, 0.15) is 17.3 Å². The fourth-order valence-corrected chi connectivity index (χ4v) is 3.23. The molecule has 0 atom stereocenters. The van der Waals surface area contributed by atoms with Crippen LogP contribution in [-0.2, 0) is 4.79 Å². The molecule has 0 aromatic heterocycles. The maximum atomic E-state index is 14.9. The van der Waals surface area contributed by atoms with Crippen LogP contribution in [0.15, 0.2) is 35.9 Å². The predicted molar refractivity (Wildman–Crippen MR) is 119 cm³/mol. The van der Waals surface area contributed by atoms with Gasteiger partial charge in [0.25, 0.3) is 0 Å². The van der Waals surface area contributed by atoms with Gasteiger partial charge in [0.05, 0.1) is 14.2 Å². The van der Waals surface area contributed by atoms with Crippen molar-refractivity contribution in [2.24, 2.45) is 0 Å². The third kappa shape index (κ3) is 5.12. The standard InChI is InChI=1S/C24H29FN2O3/c1-14(2)26-18-8-9-19(21(25)12-18)20-13-22(29-4)16(11-23(20)30-5)10-15(3)24(28)27-17-6-7-17/h8-14,17,26H,6-7H2,1-5H3,(H,27,28). The molecule has 1 fully saturated rings. The van der Waals surface area contributed by atoms with Gasteiger partial charge in [0.15, 0.2) is 0 Å². The van der Waals surface area contributed by atoms with Crippen molar-refractivity contribution in [3.05, 3.63) is 47.3 Å². The van der Waals surface area contributed by atoms with Crippen molar-refractivity contribution < 1.29 is 18.7 Å². The molecule has 30 heavy (non-hydrogen) atoms. The molecular weight excluding hydrogens is 383 g/mol. The number of ether oxygens (including phenoxy) is 2. The number of amides is 1. The first kappa shape index (κ1) is 21.7. The summed E-state index contributed by atoms with van der Waals surface area (Å²) < 4.78 is 26.0. The van der Waals surface area contributed by atoms with Crippen LogP contribution >= 0.6 is 0 Å². The van der Waals surface area contributed by atoms with Crippen molar-refractivity contribution in [1.29, 1.82) is 0 Å². The van der Waals surface area contributed by atoms with Crippen LogP contribution < -0.4 is 20.1 Å². The normalized spacial score (nSPS) is 13.9. The van der Waals surface area contributed by atoms with Crippen LogP contribution in [0.5, 0.6) is 11.5 Å². The van der Waals surface area contributed by atoms with E-state index in [9.17, 15) is 9.18 Å². The Bertz CT molecular complexity index is 965. The Morgan fingerprint density at radius 2 is 1.80 bits per heavy atom. The number of hydrogen-bond donors (Lipinski definition) is 2. The molecule has 160 valence electrons. The van der Waals surface area contributed by atoms with Crippen molar-refractivity contribution >= 4 is 17.7 Å². The second-order valence-electron chi connectivity index (χ2n) is 7.86. The third-order valence-electron chi connectivity index (χ3n) is 4.91. The zero-order valence-electron chi connectivity index (χ0n) is 18.1. The Kier molecular flexibility index (Phi) is 6.65. The van der Waals surface area contributed by atoms with Crippen LogP contribution in [-0.4, -0.2) is 32.2 Å². The lowest BCUT2D eigenvalue weighted by Gasteiger charge is -2.16. The average molecular weight is 413 g/mol. The first-order valence-electron chi connectivity index (χ1n) is 10.1. The van der Waals surface area contributed by atoms with Crippen molar-refractivity contribution in [2.75, 3.05) is 19.5 Å². The molecule has 1 saturated carbocycles. The Labute approximate surface area is 177 Å². The zero-order valence-corrected chi connectivity index (χ0v) is 18.1. The lowest BCUT2D eigenvalue weighted by Crippen LogP contribution is -2.25. The number of benzene rings is 2. The lowest BCUT2D eigenvalue weighted by atomic mass is 9.99. The summed E-state index contributed by atoms with van der Waals surface area (Å²) in [5.74, 6) is 0.584. The van der Waals surface area contributed by atoms with Crippen LogP contribution in [0.25, 0.3) is 17.2 Å². The maximum absolute atomic E-state index is 14.9. The second kappa shape index (κ2) is 9.20. The Morgan fingerprint density at radius 1 is 1.10 bits per heavy atom. The van der Waals surface area contributed by atoms with Gasteiger partial charge in [-0.1, -0.05) is 0 Å². The van der Waals surface area contributed by atoms with E-state index in [1.807, 2.05) is 19.9 Å². The Hall–Kier alpha value is -3.02. The Balaban J connectivity index is 1.98. The summed E-state index contributed by atoms with van der Waals surface area (Å²) in [6, 6.07) is 9.03. The van der Waals surface area contributed by atoms with Gasteiger partial charge in [0, 0.05) is 40.0 Å². The predicted octanol–water partition coefficient (Wildman–Crippen LogP) is 5.01. The van der Waals surface area contributed by atoms with E-state index in [1.54, 1.807) is 38.3 Å². The van der Waals surface area contributed by atoms with Gasteiger partial charge in [-0.2, -0.15) is 0 Å². The van der Waals surface area contributed by atoms with Crippen molar-refractivity contribution in [3.8, 4) is 22.6 Å². The van der Waals surface area contributed by atoms with Gasteiger partial charge in [0.2, 0.25) is 5.91 Å². The highest BCUT2D eigenvalue weighted by atomic mass is 19.1. The average Bonchev–Trinajstić information content (AvgIpc) is 3.51. The molecule has 0 spiro atoms. The number of carbonyl (C=O) groups excluding carboxylic acids is 1. The smallest absolute Gasteiger partial charge is 0.247 e. The number of rotatable bonds is 8. The molecule has 2 N–H and O–H groups in total. The second-order valence-corrected chi connectivity index (χ2v) is 7.86. The minimum Gasteiger partial charge on any atom is -0.496 e. The Morgan fingerprint density at radius 3 is 2.37 bits per heavy atom. The van der Waals surface area contributed by atoms with Gasteiger partial charge < -0.3 is 20.1 Å². The zero-order chi connectivity index (χ0) is 21.8. The fourth-order valence-electron chi connectivity index (χ4n) is 3.23. The number of nitrogens with one attached hydrogen (secondary N) is 2. The van der Waals surface area contributed by atoms with E-state index in [2.05, 4.69) is 10.6 Å². The van der Waals surface area contributed by atoms with Gasteiger partial charge in [-0.3, -0.25) is 4.79 Å². The van der Waals surface area contributed by atoms with E-state index < -0.39 is 0 Å². The topological polar surface area (TPSA) is 59.6 Å². The minimum absolute atomic E-state index is 0.0955. The molecule has 0 bridgehead atoms. The molecule has 0 heterocycles. The molecule has 1 aliphatic carbocycles. The van der Waals surface area contributed by atoms with E-state index >= 15 is 0 Å². The number of carbonyl (C=O) groups is 1. The summed E-state index contributed by atoms with van der Waals surface area (Å²) in [5, 5.41) is 6.16. The highest BCUT2D eigenvalue weighted by Crippen LogP contribution is 2.39. The molecular formula is C24H29FN2O3. The van der Waals surface area contributed by atoms with E-state index in [0.717, 1.165) is 12.8 Å². The van der Waals surface area contributed by atoms with Crippen LogP contribution in [0.4, 0.5) is 10.1 Å². The molecule has 6 heteroatoms. The molecule has 2 aromatic carbocycles. The summed E-state index contributed by atoms with van der Waals surface area (Å²) in [6.07, 6.45) is 3.82. The van der Waals surface area contributed by atoms with E-state index in [0.29, 0.717) is 39.4 Å². The summed E-state index contributed by atoms with van der Waals surface area (Å²) in [4.78, 5) is 12.3. The first-order valence-corrected chi connectivity index (χ1v) is 10.1. The fraction of sp³-hybridized carbons (Fsp3) is 0.375. The molecule has 0 radical (unpaired) electrons. The molecule has 0 saturated heterocycles. The summed E-state index contributed by atoms with van der Waals surface area (Å²) in [7, 11) is 3.09. The monoisotopic (exact) mass is 412 g/mol. The number of anilines is 1. The van der Waals surface area contributed by atoms with Crippen LogP contribution in [0.2, 0.25) is 0 Å². The van der Waals surface area contributed by atoms with Crippen molar-refractivity contribution in [1.82, 2.24) is 5.32 Å². The number of hydrogen-bond acceptors (Lipinski definition) is 4. The van der Waals surface area contributed by atoms with Gasteiger partial charge >= 0.3 is 0 Å².